The number of ether oxygens (including phenoxy) is 4. The summed E-state index contributed by atoms with van der Waals surface area (Å²) in [5, 5.41) is 16.5. The Balaban J connectivity index is 0.00000450. The van der Waals surface area contributed by atoms with E-state index < -0.39 is 0 Å². The second-order valence-electron chi connectivity index (χ2n) is 6.08. The number of nitrogens with zero attached hydrogens (tertiary/aromatic N) is 1. The van der Waals surface area contributed by atoms with Crippen LogP contribution < -0.4 is 29.6 Å². The number of halogens is 1. The fourth-order valence-corrected chi connectivity index (χ4v) is 2.75. The first-order valence-corrected chi connectivity index (χ1v) is 9.23. The minimum Gasteiger partial charge on any atom is -0.508 e. The molecule has 0 aliphatic carbocycles. The molecule has 0 saturated carbocycles. The number of aromatic hydroxyl groups is 1. The lowest BCUT2D eigenvalue weighted by Crippen LogP contribution is -2.36. The average molecular weight is 531 g/mol. The van der Waals surface area contributed by atoms with Crippen LogP contribution in [0.5, 0.6) is 28.7 Å². The third-order valence-corrected chi connectivity index (χ3v) is 4.22. The van der Waals surface area contributed by atoms with Crippen LogP contribution >= 0.6 is 24.0 Å². The highest BCUT2D eigenvalue weighted by Gasteiger charge is 2.13. The fraction of sp³-hybridized carbons (Fsp3) is 0.381. The lowest BCUT2D eigenvalue weighted by Gasteiger charge is -2.15. The van der Waals surface area contributed by atoms with E-state index in [-0.39, 0.29) is 29.7 Å². The van der Waals surface area contributed by atoms with Crippen LogP contribution in [0.3, 0.4) is 0 Å². The number of rotatable bonds is 9. The van der Waals surface area contributed by atoms with E-state index in [9.17, 15) is 5.11 Å². The van der Waals surface area contributed by atoms with Crippen LogP contribution in [0.2, 0.25) is 0 Å². The molecule has 166 valence electrons. The lowest BCUT2D eigenvalue weighted by molar-refractivity contribution is 0.324. The van der Waals surface area contributed by atoms with E-state index in [1.807, 2.05) is 19.1 Å². The molecule has 0 fully saturated rings. The summed E-state index contributed by atoms with van der Waals surface area (Å²) in [6.45, 7) is 3.48. The average Bonchev–Trinajstić information content (AvgIpc) is 2.75. The van der Waals surface area contributed by atoms with Crippen molar-refractivity contribution in [2.75, 3.05) is 35.0 Å². The molecule has 8 nitrogen and oxygen atoms in total. The molecule has 2 rings (SSSR count). The molecule has 0 spiro atoms. The predicted octanol–water partition coefficient (Wildman–Crippen LogP) is 3.30. The van der Waals surface area contributed by atoms with E-state index >= 15 is 0 Å². The predicted molar refractivity (Wildman–Crippen MR) is 128 cm³/mol. The fourth-order valence-electron chi connectivity index (χ4n) is 2.75. The molecular formula is C21H30IN3O5. The monoisotopic (exact) mass is 531 g/mol. The highest BCUT2D eigenvalue weighted by atomic mass is 127. The SMILES string of the molecule is CCNC(=NCc1cc(OC)c(OC)c(OC)c1)NCc1cc(OC)ccc1O.I. The number of hydrogen-bond donors (Lipinski definition) is 3. The van der Waals surface area contributed by atoms with Gasteiger partial charge in [0, 0.05) is 18.7 Å². The zero-order valence-electron chi connectivity index (χ0n) is 17.9. The molecule has 0 aliphatic heterocycles. The number of aliphatic imine (C=N–C) groups is 1. The van der Waals surface area contributed by atoms with Gasteiger partial charge in [-0.3, -0.25) is 0 Å². The van der Waals surface area contributed by atoms with Crippen molar-refractivity contribution in [3.05, 3.63) is 41.5 Å². The quantitative estimate of drug-likeness (QED) is 0.260. The third-order valence-electron chi connectivity index (χ3n) is 4.22. The molecule has 3 N–H and O–H groups in total. The molecule has 30 heavy (non-hydrogen) atoms. The maximum atomic E-state index is 10.1. The summed E-state index contributed by atoms with van der Waals surface area (Å²) in [6.07, 6.45) is 0. The molecule has 2 aromatic rings. The number of benzene rings is 2. The largest absolute Gasteiger partial charge is 0.508 e. The Morgan fingerprint density at radius 2 is 1.60 bits per heavy atom. The van der Waals surface area contributed by atoms with Gasteiger partial charge in [-0.05, 0) is 42.8 Å². The van der Waals surface area contributed by atoms with Gasteiger partial charge in [0.1, 0.15) is 11.5 Å². The first kappa shape index (κ1) is 25.5. The molecule has 2 aromatic carbocycles. The van der Waals surface area contributed by atoms with Gasteiger partial charge >= 0.3 is 0 Å². The second kappa shape index (κ2) is 12.9. The van der Waals surface area contributed by atoms with Crippen molar-refractivity contribution in [2.45, 2.75) is 20.0 Å². The van der Waals surface area contributed by atoms with Crippen LogP contribution in [0, 0.1) is 0 Å². The summed E-state index contributed by atoms with van der Waals surface area (Å²) in [6, 6.07) is 8.83. The van der Waals surface area contributed by atoms with Crippen LogP contribution in [-0.4, -0.2) is 46.1 Å². The van der Waals surface area contributed by atoms with Crippen LogP contribution in [0.15, 0.2) is 35.3 Å². The van der Waals surface area contributed by atoms with Gasteiger partial charge in [-0.25, -0.2) is 4.99 Å². The molecule has 0 heterocycles. The van der Waals surface area contributed by atoms with Crippen molar-refractivity contribution in [1.29, 1.82) is 0 Å². The molecule has 0 radical (unpaired) electrons. The highest BCUT2D eigenvalue weighted by molar-refractivity contribution is 14.0. The Kier molecular flexibility index (Phi) is 10.9. The van der Waals surface area contributed by atoms with E-state index in [2.05, 4.69) is 15.6 Å². The van der Waals surface area contributed by atoms with E-state index in [1.165, 1.54) is 0 Å². The van der Waals surface area contributed by atoms with Gasteiger partial charge in [0.15, 0.2) is 17.5 Å². The van der Waals surface area contributed by atoms with Gasteiger partial charge in [0.2, 0.25) is 5.75 Å². The minimum atomic E-state index is 0. The molecule has 0 amide bonds. The van der Waals surface area contributed by atoms with Gasteiger partial charge in [-0.2, -0.15) is 0 Å². The van der Waals surface area contributed by atoms with Gasteiger partial charge < -0.3 is 34.7 Å². The summed E-state index contributed by atoms with van der Waals surface area (Å²) >= 11 is 0. The molecule has 0 bridgehead atoms. The molecule has 0 unspecified atom stereocenters. The van der Waals surface area contributed by atoms with Crippen LogP contribution in [0.1, 0.15) is 18.1 Å². The van der Waals surface area contributed by atoms with E-state index in [0.717, 1.165) is 5.56 Å². The number of guanidine groups is 1. The third kappa shape index (κ3) is 6.75. The first-order valence-electron chi connectivity index (χ1n) is 9.23. The minimum absolute atomic E-state index is 0. The summed E-state index contributed by atoms with van der Waals surface area (Å²) in [5.41, 5.74) is 1.61. The molecule has 0 saturated heterocycles. The molecule has 0 atom stereocenters. The molecule has 0 aliphatic rings. The van der Waals surface area contributed by atoms with Crippen molar-refractivity contribution >= 4 is 29.9 Å². The number of hydrogen-bond acceptors (Lipinski definition) is 6. The standard InChI is InChI=1S/C21H29N3O5.HI/c1-6-22-21(24-13-15-11-16(26-2)7-8-17(15)25)23-12-14-9-18(27-3)20(29-5)19(10-14)28-4;/h7-11,25H,6,12-13H2,1-5H3,(H2,22,23,24);1H. The normalized spacial score (nSPS) is 10.6. The van der Waals surface area contributed by atoms with Crippen molar-refractivity contribution in [2.24, 2.45) is 4.99 Å². The maximum absolute atomic E-state index is 10.1. The van der Waals surface area contributed by atoms with Gasteiger partial charge in [-0.1, -0.05) is 0 Å². The Labute approximate surface area is 194 Å². The van der Waals surface area contributed by atoms with Crippen LogP contribution in [-0.2, 0) is 13.1 Å². The summed E-state index contributed by atoms with van der Waals surface area (Å²) < 4.78 is 21.3. The smallest absolute Gasteiger partial charge is 0.203 e. The summed E-state index contributed by atoms with van der Waals surface area (Å²) in [4.78, 5) is 4.61. The molecule has 0 aromatic heterocycles. The van der Waals surface area contributed by atoms with Crippen molar-refractivity contribution in [3.63, 3.8) is 0 Å². The Morgan fingerprint density at radius 3 is 2.13 bits per heavy atom. The number of nitrogens with one attached hydrogen (secondary N) is 2. The van der Waals surface area contributed by atoms with Crippen LogP contribution in [0.4, 0.5) is 0 Å². The topological polar surface area (TPSA) is 93.6 Å². The number of methoxy groups -OCH3 is 4. The first-order chi connectivity index (χ1) is 14.1. The maximum Gasteiger partial charge on any atom is 0.203 e. The summed E-state index contributed by atoms with van der Waals surface area (Å²) in [7, 11) is 6.32. The lowest BCUT2D eigenvalue weighted by atomic mass is 10.2. The second-order valence-corrected chi connectivity index (χ2v) is 6.08. The van der Waals surface area contributed by atoms with Crippen molar-refractivity contribution in [3.8, 4) is 28.7 Å². The molecular weight excluding hydrogens is 501 g/mol. The highest BCUT2D eigenvalue weighted by Crippen LogP contribution is 2.38. The number of phenols is 1. The van der Waals surface area contributed by atoms with E-state index in [0.29, 0.717) is 54.2 Å². The Morgan fingerprint density at radius 1 is 0.933 bits per heavy atom. The van der Waals surface area contributed by atoms with Crippen molar-refractivity contribution in [1.82, 2.24) is 10.6 Å². The zero-order chi connectivity index (χ0) is 21.2. The van der Waals surface area contributed by atoms with Crippen molar-refractivity contribution < 1.29 is 24.1 Å². The van der Waals surface area contributed by atoms with E-state index in [4.69, 9.17) is 18.9 Å². The zero-order valence-corrected chi connectivity index (χ0v) is 20.3. The van der Waals surface area contributed by atoms with Gasteiger partial charge in [0.05, 0.1) is 35.0 Å². The van der Waals surface area contributed by atoms with Gasteiger partial charge in [0.25, 0.3) is 0 Å². The Bertz CT molecular complexity index is 820. The van der Waals surface area contributed by atoms with E-state index in [1.54, 1.807) is 46.6 Å². The van der Waals surface area contributed by atoms with Crippen LogP contribution in [0.25, 0.3) is 0 Å². The Hall–Kier alpha value is -2.56. The molecule has 9 heteroatoms. The van der Waals surface area contributed by atoms with Gasteiger partial charge in [-0.15, -0.1) is 24.0 Å². The summed E-state index contributed by atoms with van der Waals surface area (Å²) in [5.74, 6) is 3.19. The number of phenolic OH excluding ortho intramolecular Hbond substituents is 1.